The molecule has 234 valence electrons. The van der Waals surface area contributed by atoms with E-state index < -0.39 is 29.2 Å². The first-order valence-electron chi connectivity index (χ1n) is 15.0. The van der Waals surface area contributed by atoms with Crippen molar-refractivity contribution in [1.82, 2.24) is 19.9 Å². The molecule has 3 aromatic carbocycles. The van der Waals surface area contributed by atoms with Gasteiger partial charge in [0, 0.05) is 18.3 Å². The van der Waals surface area contributed by atoms with E-state index >= 15 is 0 Å². The second kappa shape index (κ2) is 11.6. The minimum atomic E-state index is -4.61. The number of hydrogen-bond acceptors (Lipinski definition) is 6. The molecule has 5 aromatic rings. The molecule has 1 amide bonds. The second-order valence-corrected chi connectivity index (χ2v) is 12.8. The van der Waals surface area contributed by atoms with Crippen molar-refractivity contribution in [2.75, 3.05) is 6.54 Å². The Bertz CT molecular complexity index is 1990. The molecule has 1 atom stereocenters. The van der Waals surface area contributed by atoms with Gasteiger partial charge in [0.15, 0.2) is 6.10 Å². The quantitative estimate of drug-likeness (QED) is 0.216. The number of nitrogens with one attached hydrogen (secondary N) is 1. The maximum atomic E-state index is 13.5. The first-order valence-corrected chi connectivity index (χ1v) is 15.8. The van der Waals surface area contributed by atoms with Gasteiger partial charge in [-0.05, 0) is 60.6 Å². The van der Waals surface area contributed by atoms with E-state index in [0.29, 0.717) is 29.9 Å². The number of fused-ring (bicyclic) bond motifs is 1. The Hall–Kier alpha value is -4.61. The molecule has 1 aliphatic carbocycles. The summed E-state index contributed by atoms with van der Waals surface area (Å²) < 4.78 is 39.6. The Kier molecular flexibility index (Phi) is 7.60. The van der Waals surface area contributed by atoms with Crippen LogP contribution in [-0.2, 0) is 29.4 Å². The SMILES string of the molecule is O=C([C@H](O)c1cccc(C(F)(F)F)c1)N1CCCc2nc(C3(c4cccc(-c5cnc(-c6ccccc6)s5)c4)CC3)[nH]c(=O)c2C1. The maximum Gasteiger partial charge on any atom is 0.416 e. The van der Waals surface area contributed by atoms with Crippen LogP contribution in [0.4, 0.5) is 13.2 Å². The minimum absolute atomic E-state index is 0.0928. The van der Waals surface area contributed by atoms with Crippen LogP contribution < -0.4 is 5.56 Å². The Morgan fingerprint density at radius 3 is 2.52 bits per heavy atom. The predicted octanol–water partition coefficient (Wildman–Crippen LogP) is 6.67. The molecule has 0 spiro atoms. The number of nitrogens with zero attached hydrogens (tertiary/aromatic N) is 3. The van der Waals surface area contributed by atoms with Crippen LogP contribution in [0.25, 0.3) is 21.0 Å². The minimum Gasteiger partial charge on any atom is -0.378 e. The molecule has 1 aliphatic heterocycles. The lowest BCUT2D eigenvalue weighted by atomic mass is 9.93. The molecule has 3 heterocycles. The van der Waals surface area contributed by atoms with Gasteiger partial charge < -0.3 is 15.0 Å². The lowest BCUT2D eigenvalue weighted by molar-refractivity contribution is -0.142. The second-order valence-electron chi connectivity index (χ2n) is 11.8. The number of H-pyrrole nitrogens is 1. The number of aliphatic hydroxyl groups is 1. The molecule has 2 N–H and O–H groups in total. The van der Waals surface area contributed by atoms with Gasteiger partial charge in [0.2, 0.25) is 0 Å². The summed E-state index contributed by atoms with van der Waals surface area (Å²) in [5, 5.41) is 11.7. The molecule has 0 radical (unpaired) electrons. The number of carbonyl (C=O) groups excluding carboxylic acids is 1. The van der Waals surface area contributed by atoms with Crippen LogP contribution in [0.1, 0.15) is 59.1 Å². The highest BCUT2D eigenvalue weighted by atomic mass is 32.1. The van der Waals surface area contributed by atoms with Crippen molar-refractivity contribution in [2.45, 2.75) is 49.9 Å². The van der Waals surface area contributed by atoms with Crippen LogP contribution in [0, 0.1) is 0 Å². The van der Waals surface area contributed by atoms with E-state index in [-0.39, 0.29) is 24.2 Å². The molecule has 46 heavy (non-hydrogen) atoms. The summed E-state index contributed by atoms with van der Waals surface area (Å²) in [7, 11) is 0. The van der Waals surface area contributed by atoms with Crippen LogP contribution in [0.3, 0.4) is 0 Å². The fourth-order valence-electron chi connectivity index (χ4n) is 6.12. The van der Waals surface area contributed by atoms with Crippen LogP contribution in [-0.4, -0.2) is 37.4 Å². The third-order valence-electron chi connectivity index (χ3n) is 8.80. The number of aryl methyl sites for hydroxylation is 1. The van der Waals surface area contributed by atoms with Gasteiger partial charge >= 0.3 is 6.18 Å². The monoisotopic (exact) mass is 642 g/mol. The zero-order valence-corrected chi connectivity index (χ0v) is 25.4. The van der Waals surface area contributed by atoms with Crippen molar-refractivity contribution >= 4 is 17.2 Å². The van der Waals surface area contributed by atoms with Gasteiger partial charge in [0.05, 0.1) is 33.7 Å². The number of carbonyl (C=O) groups is 1. The van der Waals surface area contributed by atoms with Crippen LogP contribution in [0.15, 0.2) is 89.9 Å². The van der Waals surface area contributed by atoms with Crippen molar-refractivity contribution in [3.05, 3.63) is 129 Å². The summed E-state index contributed by atoms with van der Waals surface area (Å²) in [4.78, 5) is 41.7. The normalized spacial score (nSPS) is 16.4. The topological polar surface area (TPSA) is 99.2 Å². The highest BCUT2D eigenvalue weighted by Gasteiger charge is 2.49. The third kappa shape index (κ3) is 5.65. The number of hydrogen-bond donors (Lipinski definition) is 2. The number of rotatable bonds is 6. The molecule has 7 rings (SSSR count). The number of halogens is 3. The van der Waals surface area contributed by atoms with Gasteiger partial charge in [-0.25, -0.2) is 9.97 Å². The van der Waals surface area contributed by atoms with Crippen molar-refractivity contribution < 1.29 is 23.1 Å². The number of thiazole rings is 1. The van der Waals surface area contributed by atoms with E-state index in [1.165, 1.54) is 11.0 Å². The summed E-state index contributed by atoms with van der Waals surface area (Å²) in [6, 6.07) is 22.4. The van der Waals surface area contributed by atoms with E-state index in [2.05, 4.69) is 28.2 Å². The summed E-state index contributed by atoms with van der Waals surface area (Å²) >= 11 is 1.62. The molecule has 2 aromatic heterocycles. The standard InChI is InChI=1S/C35H29F3N4O3S/c36-35(37,38)25-12-5-10-23(18-25)29(43)32(45)42-16-6-13-27-26(20-42)30(44)41-33(40-27)34(14-15-34)24-11-4-9-22(17-24)28-19-39-31(46-28)21-7-2-1-3-8-21/h1-5,7-12,17-19,29,43H,6,13-16,20H2,(H,40,41,44)/t29-/m1/s1. The number of aromatic amines is 1. The fraction of sp³-hybridized carbons (Fsp3) is 0.257. The molecule has 2 aliphatic rings. The summed E-state index contributed by atoms with van der Waals surface area (Å²) in [5.74, 6) is -0.170. The summed E-state index contributed by atoms with van der Waals surface area (Å²) in [6.07, 6.45) is -1.93. The lowest BCUT2D eigenvalue weighted by Gasteiger charge is -2.24. The van der Waals surface area contributed by atoms with E-state index in [1.54, 1.807) is 11.3 Å². The first-order chi connectivity index (χ1) is 22.1. The van der Waals surface area contributed by atoms with Gasteiger partial charge in [-0.15, -0.1) is 11.3 Å². The van der Waals surface area contributed by atoms with E-state index in [9.17, 15) is 27.9 Å². The summed E-state index contributed by atoms with van der Waals surface area (Å²) in [6.45, 7) is 0.136. The molecule has 11 heteroatoms. The Balaban J connectivity index is 1.13. The zero-order valence-electron chi connectivity index (χ0n) is 24.6. The van der Waals surface area contributed by atoms with Gasteiger partial charge in [-0.3, -0.25) is 9.59 Å². The predicted molar refractivity (Wildman–Crippen MR) is 168 cm³/mol. The van der Waals surface area contributed by atoms with Crippen molar-refractivity contribution in [3.63, 3.8) is 0 Å². The molecule has 0 saturated heterocycles. The zero-order chi connectivity index (χ0) is 32.1. The van der Waals surface area contributed by atoms with Gasteiger partial charge in [-0.1, -0.05) is 60.7 Å². The Morgan fingerprint density at radius 2 is 1.76 bits per heavy atom. The number of aromatic nitrogens is 3. The number of amides is 1. The molecule has 7 nitrogen and oxygen atoms in total. The van der Waals surface area contributed by atoms with Gasteiger partial charge in [0.25, 0.3) is 11.5 Å². The molecular formula is C35H29F3N4O3S. The first kappa shape index (κ1) is 30.1. The largest absolute Gasteiger partial charge is 0.416 e. The lowest BCUT2D eigenvalue weighted by Crippen LogP contribution is -2.36. The van der Waals surface area contributed by atoms with Crippen molar-refractivity contribution in [1.29, 1.82) is 0 Å². The smallest absolute Gasteiger partial charge is 0.378 e. The third-order valence-corrected chi connectivity index (χ3v) is 9.89. The fourth-order valence-corrected chi connectivity index (χ4v) is 7.03. The molecule has 0 bridgehead atoms. The molecule has 1 saturated carbocycles. The number of benzene rings is 3. The van der Waals surface area contributed by atoms with Crippen molar-refractivity contribution in [3.8, 4) is 21.0 Å². The van der Waals surface area contributed by atoms with Crippen LogP contribution in [0.5, 0.6) is 0 Å². The van der Waals surface area contributed by atoms with E-state index in [4.69, 9.17) is 4.98 Å². The van der Waals surface area contributed by atoms with Crippen molar-refractivity contribution in [2.24, 2.45) is 0 Å². The van der Waals surface area contributed by atoms with Gasteiger partial charge in [-0.2, -0.15) is 13.2 Å². The van der Waals surface area contributed by atoms with E-state index in [0.717, 1.165) is 57.6 Å². The Labute approximate surface area is 266 Å². The molecular weight excluding hydrogens is 613 g/mol. The average molecular weight is 643 g/mol. The van der Waals surface area contributed by atoms with E-state index in [1.807, 2.05) is 42.6 Å². The van der Waals surface area contributed by atoms with Gasteiger partial charge in [0.1, 0.15) is 10.8 Å². The average Bonchev–Trinajstić information content (AvgIpc) is 3.79. The Morgan fingerprint density at radius 1 is 1.00 bits per heavy atom. The molecule has 0 unspecified atom stereocenters. The highest BCUT2D eigenvalue weighted by Crippen LogP contribution is 2.52. The highest BCUT2D eigenvalue weighted by molar-refractivity contribution is 7.18. The summed E-state index contributed by atoms with van der Waals surface area (Å²) in [5.41, 5.74) is 2.18. The number of aliphatic hydroxyl groups excluding tert-OH is 1. The van der Waals surface area contributed by atoms with Crippen LogP contribution in [0.2, 0.25) is 0 Å². The number of alkyl halides is 3. The van der Waals surface area contributed by atoms with Crippen LogP contribution >= 0.6 is 11.3 Å². The molecule has 1 fully saturated rings. The maximum absolute atomic E-state index is 13.5.